The summed E-state index contributed by atoms with van der Waals surface area (Å²) in [5, 5.41) is 0. The van der Waals surface area contributed by atoms with E-state index in [2.05, 4.69) is 0 Å². The van der Waals surface area contributed by atoms with Gasteiger partial charge >= 0.3 is 0 Å². The number of nitrogens with zero attached hydrogens (tertiary/aromatic N) is 1. The van der Waals surface area contributed by atoms with E-state index in [-0.39, 0.29) is 24.1 Å². The number of amides is 1. The molecular weight excluding hydrogens is 229 g/mol. The van der Waals surface area contributed by atoms with Crippen LogP contribution in [0.15, 0.2) is 24.3 Å². The Morgan fingerprint density at radius 1 is 1.44 bits per heavy atom. The fraction of sp³-hybridized carbons (Fsp3) is 0.417. The van der Waals surface area contributed by atoms with Crippen molar-refractivity contribution in [2.75, 3.05) is 12.4 Å². The van der Waals surface area contributed by atoms with Crippen LogP contribution in [0.3, 0.4) is 0 Å². The van der Waals surface area contributed by atoms with Crippen molar-refractivity contribution in [1.82, 2.24) is 4.90 Å². The lowest BCUT2D eigenvalue weighted by molar-refractivity contribution is -0.129. The Hall–Kier alpha value is -1.09. The smallest absolute Gasteiger partial charge is 0.237 e. The minimum atomic E-state index is -0.286. The minimum Gasteiger partial charge on any atom is -0.337 e. The van der Waals surface area contributed by atoms with Gasteiger partial charge < -0.3 is 4.90 Å². The van der Waals surface area contributed by atoms with Crippen molar-refractivity contribution in [2.24, 2.45) is 0 Å². The summed E-state index contributed by atoms with van der Waals surface area (Å²) >= 11 is 5.50. The van der Waals surface area contributed by atoms with Crippen LogP contribution in [0.1, 0.15) is 18.9 Å². The van der Waals surface area contributed by atoms with Crippen molar-refractivity contribution in [3.8, 4) is 0 Å². The molecule has 88 valence electrons. The van der Waals surface area contributed by atoms with Gasteiger partial charge in [-0.15, -0.1) is 11.6 Å². The Morgan fingerprint density at radius 2 is 2.12 bits per heavy atom. The average molecular weight is 244 g/mol. The maximum atomic E-state index is 13.4. The number of alkyl halides is 1. The van der Waals surface area contributed by atoms with Crippen molar-refractivity contribution in [2.45, 2.75) is 19.9 Å². The molecule has 1 aromatic carbocycles. The average Bonchev–Trinajstić information content (AvgIpc) is 2.30. The molecule has 0 bridgehead atoms. The van der Waals surface area contributed by atoms with Gasteiger partial charge in [-0.1, -0.05) is 25.1 Å². The van der Waals surface area contributed by atoms with Crippen LogP contribution >= 0.6 is 11.6 Å². The SMILES string of the molecule is CCCN(Cc1ccccc1F)C(=O)CCl. The normalized spacial score (nSPS) is 10.2. The molecule has 0 heterocycles. The Labute approximate surface area is 100 Å². The second-order valence-electron chi connectivity index (χ2n) is 3.54. The third-order valence-corrected chi connectivity index (χ3v) is 2.51. The molecule has 0 spiro atoms. The monoisotopic (exact) mass is 243 g/mol. The molecule has 4 heteroatoms. The maximum Gasteiger partial charge on any atom is 0.237 e. The Bertz CT molecular complexity index is 357. The van der Waals surface area contributed by atoms with Crippen LogP contribution in [0.5, 0.6) is 0 Å². The van der Waals surface area contributed by atoms with Crippen LogP contribution in [0.4, 0.5) is 4.39 Å². The summed E-state index contributed by atoms with van der Waals surface area (Å²) in [5.74, 6) is -0.508. The van der Waals surface area contributed by atoms with Crippen LogP contribution in [-0.4, -0.2) is 23.2 Å². The number of hydrogen-bond acceptors (Lipinski definition) is 1. The molecule has 0 aromatic heterocycles. The Morgan fingerprint density at radius 3 is 2.69 bits per heavy atom. The third-order valence-electron chi connectivity index (χ3n) is 2.28. The van der Waals surface area contributed by atoms with Crippen LogP contribution in [0.25, 0.3) is 0 Å². The highest BCUT2D eigenvalue weighted by Gasteiger charge is 2.13. The van der Waals surface area contributed by atoms with Crippen molar-refractivity contribution < 1.29 is 9.18 Å². The lowest BCUT2D eigenvalue weighted by atomic mass is 10.2. The van der Waals surface area contributed by atoms with Crippen LogP contribution in [0.2, 0.25) is 0 Å². The largest absolute Gasteiger partial charge is 0.337 e. The summed E-state index contributed by atoms with van der Waals surface area (Å²) in [6.07, 6.45) is 0.830. The lowest BCUT2D eigenvalue weighted by Crippen LogP contribution is -2.32. The molecule has 0 atom stereocenters. The molecule has 0 fully saturated rings. The Kier molecular flexibility index (Phi) is 5.26. The zero-order valence-corrected chi connectivity index (χ0v) is 10.0. The van der Waals surface area contributed by atoms with Gasteiger partial charge in [-0.25, -0.2) is 4.39 Å². The summed E-state index contributed by atoms with van der Waals surface area (Å²) < 4.78 is 13.4. The molecule has 0 aliphatic carbocycles. The molecule has 0 saturated carbocycles. The quantitative estimate of drug-likeness (QED) is 0.729. The predicted molar refractivity (Wildman–Crippen MR) is 62.8 cm³/mol. The molecule has 0 aliphatic heterocycles. The van der Waals surface area contributed by atoms with E-state index in [0.717, 1.165) is 6.42 Å². The molecule has 1 amide bonds. The van der Waals surface area contributed by atoms with Gasteiger partial charge in [0.2, 0.25) is 5.91 Å². The predicted octanol–water partition coefficient (Wildman–Crippen LogP) is 2.80. The molecule has 16 heavy (non-hydrogen) atoms. The van der Waals surface area contributed by atoms with E-state index in [1.54, 1.807) is 23.1 Å². The summed E-state index contributed by atoms with van der Waals surface area (Å²) in [6.45, 7) is 2.85. The van der Waals surface area contributed by atoms with Crippen LogP contribution in [-0.2, 0) is 11.3 Å². The van der Waals surface area contributed by atoms with Gasteiger partial charge in [-0.05, 0) is 12.5 Å². The topological polar surface area (TPSA) is 20.3 Å². The first-order chi connectivity index (χ1) is 7.69. The highest BCUT2D eigenvalue weighted by Crippen LogP contribution is 2.10. The first-order valence-corrected chi connectivity index (χ1v) is 5.79. The van der Waals surface area contributed by atoms with E-state index in [4.69, 9.17) is 11.6 Å². The fourth-order valence-corrected chi connectivity index (χ4v) is 1.65. The van der Waals surface area contributed by atoms with E-state index in [1.807, 2.05) is 6.92 Å². The van der Waals surface area contributed by atoms with Crippen molar-refractivity contribution in [1.29, 1.82) is 0 Å². The van der Waals surface area contributed by atoms with Crippen molar-refractivity contribution in [3.05, 3.63) is 35.6 Å². The second kappa shape index (κ2) is 6.48. The molecule has 0 saturated heterocycles. The number of hydrogen-bond donors (Lipinski definition) is 0. The molecule has 0 unspecified atom stereocenters. The number of benzene rings is 1. The number of halogens is 2. The number of carbonyl (C=O) groups excluding carboxylic acids is 1. The first kappa shape index (κ1) is 13.0. The zero-order valence-electron chi connectivity index (χ0n) is 9.25. The number of carbonyl (C=O) groups is 1. The molecule has 1 aromatic rings. The summed E-state index contributed by atoms with van der Waals surface area (Å²) in [6, 6.07) is 6.46. The van der Waals surface area contributed by atoms with Gasteiger partial charge in [-0.3, -0.25) is 4.79 Å². The van der Waals surface area contributed by atoms with E-state index in [1.165, 1.54) is 6.07 Å². The zero-order chi connectivity index (χ0) is 12.0. The van der Waals surface area contributed by atoms with Gasteiger partial charge in [0.05, 0.1) is 0 Å². The van der Waals surface area contributed by atoms with E-state index < -0.39 is 0 Å². The summed E-state index contributed by atoms with van der Waals surface area (Å²) in [5.41, 5.74) is 0.523. The molecule has 1 rings (SSSR count). The summed E-state index contributed by atoms with van der Waals surface area (Å²) in [4.78, 5) is 13.1. The van der Waals surface area contributed by atoms with Gasteiger partial charge in [-0.2, -0.15) is 0 Å². The van der Waals surface area contributed by atoms with Crippen LogP contribution in [0, 0.1) is 5.82 Å². The standard InChI is InChI=1S/C12H15ClFNO/c1-2-7-15(12(16)8-13)9-10-5-3-4-6-11(10)14/h3-6H,2,7-9H2,1H3. The molecule has 0 N–H and O–H groups in total. The van der Waals surface area contributed by atoms with E-state index in [0.29, 0.717) is 12.1 Å². The second-order valence-corrected chi connectivity index (χ2v) is 3.81. The van der Waals surface area contributed by atoms with E-state index >= 15 is 0 Å². The highest BCUT2D eigenvalue weighted by molar-refractivity contribution is 6.27. The van der Waals surface area contributed by atoms with Crippen molar-refractivity contribution in [3.63, 3.8) is 0 Å². The third kappa shape index (κ3) is 3.49. The van der Waals surface area contributed by atoms with Gasteiger partial charge in [0.1, 0.15) is 11.7 Å². The molecule has 0 aliphatic rings. The van der Waals surface area contributed by atoms with Gasteiger partial charge in [0, 0.05) is 18.7 Å². The molecular formula is C12H15ClFNO. The highest BCUT2D eigenvalue weighted by atomic mass is 35.5. The summed E-state index contributed by atoms with van der Waals surface area (Å²) in [7, 11) is 0. The van der Waals surface area contributed by atoms with Gasteiger partial charge in [0.15, 0.2) is 0 Å². The minimum absolute atomic E-state index is 0.0611. The maximum absolute atomic E-state index is 13.4. The molecule has 0 radical (unpaired) electrons. The fourth-order valence-electron chi connectivity index (χ4n) is 1.48. The van der Waals surface area contributed by atoms with E-state index in [9.17, 15) is 9.18 Å². The van der Waals surface area contributed by atoms with Gasteiger partial charge in [0.25, 0.3) is 0 Å². The number of rotatable bonds is 5. The molecule has 2 nitrogen and oxygen atoms in total. The van der Waals surface area contributed by atoms with Crippen molar-refractivity contribution >= 4 is 17.5 Å². The van der Waals surface area contributed by atoms with Crippen LogP contribution < -0.4 is 0 Å². The lowest BCUT2D eigenvalue weighted by Gasteiger charge is -2.21. The Balaban J connectivity index is 2.75. The first-order valence-electron chi connectivity index (χ1n) is 5.26.